The molecular weight excluding hydrogens is 577 g/mol. The van der Waals surface area contributed by atoms with Crippen molar-refractivity contribution in [1.29, 1.82) is 0 Å². The van der Waals surface area contributed by atoms with Crippen molar-refractivity contribution in [2.45, 2.75) is 31.0 Å². The Hall–Kier alpha value is -2.13. The molecule has 0 bridgehead atoms. The number of hydrogen-bond acceptors (Lipinski definition) is 13. The SMILES string of the molecule is [N-]=[N+]=NCO[C@H]1C[C@@H](n2cc(C#CCN)c3c2NC=NC3N)O[C@H]1COP(=O)(O)OP(=O)(O)OP(=O)(O)O. The van der Waals surface area contributed by atoms with E-state index in [1.165, 1.54) is 6.34 Å². The van der Waals surface area contributed by atoms with Crippen LogP contribution < -0.4 is 16.8 Å². The number of azide groups is 1. The third-order valence-corrected chi connectivity index (χ3v) is 8.65. The second-order valence-electron chi connectivity index (χ2n) is 7.40. The molecule has 3 rings (SSSR count). The van der Waals surface area contributed by atoms with Crippen LogP contribution in [0.1, 0.15) is 29.9 Å². The minimum atomic E-state index is -5.71. The first-order valence-corrected chi connectivity index (χ1v) is 14.8. The van der Waals surface area contributed by atoms with E-state index in [1.807, 2.05) is 0 Å². The van der Waals surface area contributed by atoms with Crippen LogP contribution in [-0.2, 0) is 36.3 Å². The summed E-state index contributed by atoms with van der Waals surface area (Å²) < 4.78 is 59.6. The first-order chi connectivity index (χ1) is 17.8. The van der Waals surface area contributed by atoms with Gasteiger partial charge in [0.1, 0.15) is 31.0 Å². The number of anilines is 1. The number of nitrogens with two attached hydrogens (primary N) is 2. The standard InChI is InChI=1S/C15H23N8O12P3/c16-3-1-2-9-5-23(15-13(9)14(17)19-7-20-15)12-4-10(31-8-21-22-18)11(33-12)6-32-37(27,28)35-38(29,30)34-36(24,25)26/h5,7,10-12,14H,3-4,6,8,16-17H2,(H,19,20)(H,27,28)(H,29,30)(H2,24,25,26)/t10-,11-,12-,14?/m0/s1. The number of fused-ring (bicyclic) bond motifs is 1. The molecule has 0 aliphatic carbocycles. The van der Waals surface area contributed by atoms with Gasteiger partial charge in [0.25, 0.3) is 0 Å². The number of rotatable bonds is 11. The lowest BCUT2D eigenvalue weighted by Gasteiger charge is -2.22. The maximum absolute atomic E-state index is 12.1. The number of nitrogens with one attached hydrogen (secondary N) is 1. The Morgan fingerprint density at radius 3 is 2.68 bits per heavy atom. The zero-order chi connectivity index (χ0) is 28.1. The summed E-state index contributed by atoms with van der Waals surface area (Å²) in [5.74, 6) is 6.10. The van der Waals surface area contributed by atoms with Crippen molar-refractivity contribution < 1.29 is 55.9 Å². The van der Waals surface area contributed by atoms with E-state index in [9.17, 15) is 23.5 Å². The highest BCUT2D eigenvalue weighted by Gasteiger charge is 2.44. The second kappa shape index (κ2) is 12.4. The van der Waals surface area contributed by atoms with Crippen LogP contribution in [0.25, 0.3) is 10.4 Å². The summed E-state index contributed by atoms with van der Waals surface area (Å²) in [6, 6.07) is 0. The van der Waals surface area contributed by atoms with Crippen LogP contribution in [0.3, 0.4) is 0 Å². The molecule has 210 valence electrons. The molecule has 2 aliphatic rings. The topological polar surface area (TPSA) is 308 Å². The smallest absolute Gasteiger partial charge is 0.369 e. The minimum Gasteiger partial charge on any atom is -0.369 e. The molecule has 6 atom stereocenters. The van der Waals surface area contributed by atoms with Crippen molar-refractivity contribution in [1.82, 2.24) is 4.57 Å². The Morgan fingerprint density at radius 2 is 2.03 bits per heavy atom. The molecule has 3 heterocycles. The van der Waals surface area contributed by atoms with Crippen LogP contribution in [0.5, 0.6) is 0 Å². The predicted octanol–water partition coefficient (Wildman–Crippen LogP) is 0.493. The van der Waals surface area contributed by atoms with Gasteiger partial charge in [-0.2, -0.15) is 8.62 Å². The third kappa shape index (κ3) is 8.18. The van der Waals surface area contributed by atoms with Crippen molar-refractivity contribution in [3.05, 3.63) is 27.8 Å². The van der Waals surface area contributed by atoms with Crippen LogP contribution in [-0.4, -0.2) is 62.6 Å². The Kier molecular flexibility index (Phi) is 9.90. The third-order valence-electron chi connectivity index (χ3n) is 4.85. The van der Waals surface area contributed by atoms with E-state index < -0.39 is 61.4 Å². The van der Waals surface area contributed by atoms with Crippen LogP contribution >= 0.6 is 23.5 Å². The Balaban J connectivity index is 1.80. The quantitative estimate of drug-likeness (QED) is 0.0597. The minimum absolute atomic E-state index is 0.0871. The molecule has 1 aromatic heterocycles. The van der Waals surface area contributed by atoms with Crippen LogP contribution in [0.15, 0.2) is 16.3 Å². The normalized spacial score (nSPS) is 25.7. The van der Waals surface area contributed by atoms with E-state index in [-0.39, 0.29) is 13.0 Å². The molecule has 3 unspecified atom stereocenters. The fourth-order valence-electron chi connectivity index (χ4n) is 3.54. The Bertz CT molecular complexity index is 1310. The van der Waals surface area contributed by atoms with E-state index in [1.54, 1.807) is 10.8 Å². The lowest BCUT2D eigenvalue weighted by atomic mass is 10.1. The number of aliphatic imine (C=N–C) groups is 1. The van der Waals surface area contributed by atoms with Gasteiger partial charge in [-0.25, -0.2) is 13.7 Å². The highest BCUT2D eigenvalue weighted by atomic mass is 31.3. The second-order valence-corrected chi connectivity index (χ2v) is 11.8. The molecule has 38 heavy (non-hydrogen) atoms. The first kappa shape index (κ1) is 30.4. The van der Waals surface area contributed by atoms with Gasteiger partial charge in [0, 0.05) is 23.1 Å². The van der Waals surface area contributed by atoms with Crippen LogP contribution in [0.4, 0.5) is 5.82 Å². The van der Waals surface area contributed by atoms with E-state index in [4.69, 9.17) is 36.3 Å². The Labute approximate surface area is 214 Å². The zero-order valence-electron chi connectivity index (χ0n) is 19.1. The molecular formula is C15H23N8O12P3. The van der Waals surface area contributed by atoms with Gasteiger partial charge in [-0.1, -0.05) is 17.0 Å². The van der Waals surface area contributed by atoms with Crippen molar-refractivity contribution in [3.8, 4) is 11.8 Å². The number of hydrogen-bond donors (Lipinski definition) is 7. The van der Waals surface area contributed by atoms with Crippen molar-refractivity contribution in [2.75, 3.05) is 25.2 Å². The molecule has 0 aromatic carbocycles. The van der Waals surface area contributed by atoms with Gasteiger partial charge in [0.2, 0.25) is 0 Å². The maximum Gasteiger partial charge on any atom is 0.490 e. The number of nitrogens with zero attached hydrogens (tertiary/aromatic N) is 5. The molecule has 0 amide bonds. The number of phosphoric acid groups is 3. The first-order valence-electron chi connectivity index (χ1n) is 10.3. The zero-order valence-corrected chi connectivity index (χ0v) is 21.8. The highest BCUT2D eigenvalue weighted by Crippen LogP contribution is 2.66. The van der Waals surface area contributed by atoms with Crippen molar-refractivity contribution >= 4 is 35.6 Å². The average molecular weight is 600 g/mol. The molecule has 0 spiro atoms. The summed E-state index contributed by atoms with van der Waals surface area (Å²) in [5, 5.41) is 6.22. The fraction of sp³-hybridized carbons (Fsp3) is 0.533. The summed E-state index contributed by atoms with van der Waals surface area (Å²) >= 11 is 0. The van der Waals surface area contributed by atoms with Gasteiger partial charge in [0.05, 0.1) is 31.2 Å². The average Bonchev–Trinajstić information content (AvgIpc) is 3.36. The largest absolute Gasteiger partial charge is 0.490 e. The summed E-state index contributed by atoms with van der Waals surface area (Å²) in [6.45, 7) is -1.13. The molecule has 1 saturated heterocycles. The van der Waals surface area contributed by atoms with Gasteiger partial charge in [-0.05, 0) is 5.53 Å². The molecule has 2 aliphatic heterocycles. The molecule has 20 nitrogen and oxygen atoms in total. The molecule has 1 aromatic rings. The maximum atomic E-state index is 12.1. The van der Waals surface area contributed by atoms with Gasteiger partial charge < -0.3 is 50.4 Å². The van der Waals surface area contributed by atoms with Crippen LogP contribution in [0.2, 0.25) is 0 Å². The van der Waals surface area contributed by atoms with Crippen LogP contribution in [0, 0.1) is 11.8 Å². The lowest BCUT2D eigenvalue weighted by Crippen LogP contribution is -2.29. The predicted molar refractivity (Wildman–Crippen MR) is 127 cm³/mol. The van der Waals surface area contributed by atoms with Gasteiger partial charge in [-0.15, -0.1) is 0 Å². The van der Waals surface area contributed by atoms with Crippen molar-refractivity contribution in [3.63, 3.8) is 0 Å². The number of ether oxygens (including phenoxy) is 2. The molecule has 0 saturated carbocycles. The van der Waals surface area contributed by atoms with E-state index in [0.717, 1.165) is 0 Å². The molecule has 23 heteroatoms. The monoisotopic (exact) mass is 600 g/mol. The number of aromatic nitrogens is 1. The summed E-state index contributed by atoms with van der Waals surface area (Å²) in [7, 11) is -16.7. The molecule has 1 fully saturated rings. The van der Waals surface area contributed by atoms with E-state index >= 15 is 0 Å². The van der Waals surface area contributed by atoms with Crippen molar-refractivity contribution in [2.24, 2.45) is 21.6 Å². The van der Waals surface area contributed by atoms with Gasteiger partial charge in [0.15, 0.2) is 0 Å². The Morgan fingerprint density at radius 1 is 1.29 bits per heavy atom. The summed E-state index contributed by atoms with van der Waals surface area (Å²) in [6.07, 6.45) is -0.509. The van der Waals surface area contributed by atoms with E-state index in [2.05, 4.69) is 45.3 Å². The van der Waals surface area contributed by atoms with Gasteiger partial charge >= 0.3 is 23.5 Å². The fourth-order valence-corrected chi connectivity index (χ4v) is 6.57. The van der Waals surface area contributed by atoms with Gasteiger partial charge in [-0.3, -0.25) is 9.52 Å². The van der Waals surface area contributed by atoms with E-state index in [0.29, 0.717) is 16.9 Å². The molecule has 0 radical (unpaired) electrons. The lowest BCUT2D eigenvalue weighted by molar-refractivity contribution is -0.0585. The summed E-state index contributed by atoms with van der Waals surface area (Å²) in [4.78, 5) is 43.0. The molecule has 9 N–H and O–H groups in total. The summed E-state index contributed by atoms with van der Waals surface area (Å²) in [5.41, 5.74) is 21.2. The highest BCUT2D eigenvalue weighted by molar-refractivity contribution is 7.66. The number of phosphoric ester groups is 1.